The minimum atomic E-state index is -0.405. The lowest BCUT2D eigenvalue weighted by Gasteiger charge is -2.31. The molecule has 1 aromatic carbocycles. The molecule has 0 saturated carbocycles. The molecule has 1 atom stereocenters. The summed E-state index contributed by atoms with van der Waals surface area (Å²) in [5.41, 5.74) is 0.786. The predicted molar refractivity (Wildman–Crippen MR) is 88.9 cm³/mol. The van der Waals surface area contributed by atoms with Crippen LogP contribution in [0.15, 0.2) is 22.7 Å². The van der Waals surface area contributed by atoms with Crippen LogP contribution in [0, 0.1) is 12.7 Å². The fourth-order valence-electron chi connectivity index (χ4n) is 3.17. The molecule has 25 heavy (non-hydrogen) atoms. The van der Waals surface area contributed by atoms with Gasteiger partial charge in [-0.1, -0.05) is 11.2 Å². The lowest BCUT2D eigenvalue weighted by Crippen LogP contribution is -2.39. The first-order chi connectivity index (χ1) is 12.1. The van der Waals surface area contributed by atoms with E-state index in [1.165, 1.54) is 13.2 Å². The molecule has 0 bridgehead atoms. The van der Waals surface area contributed by atoms with E-state index in [4.69, 9.17) is 9.26 Å². The zero-order valence-electron chi connectivity index (χ0n) is 14.5. The highest BCUT2D eigenvalue weighted by atomic mass is 19.1. The Hall–Kier alpha value is -2.44. The van der Waals surface area contributed by atoms with E-state index in [-0.39, 0.29) is 17.6 Å². The molecule has 7 heteroatoms. The van der Waals surface area contributed by atoms with Crippen molar-refractivity contribution in [3.8, 4) is 5.75 Å². The van der Waals surface area contributed by atoms with E-state index in [0.717, 1.165) is 24.9 Å². The zero-order chi connectivity index (χ0) is 17.8. The molecule has 134 valence electrons. The van der Waals surface area contributed by atoms with Crippen LogP contribution < -0.4 is 4.74 Å². The second kappa shape index (κ2) is 7.63. The minimum absolute atomic E-state index is 0.0705. The summed E-state index contributed by atoms with van der Waals surface area (Å²) in [7, 11) is 1.43. The summed E-state index contributed by atoms with van der Waals surface area (Å²) in [6, 6.07) is 4.80. The number of piperidine rings is 1. The molecule has 3 rings (SSSR count). The van der Waals surface area contributed by atoms with Crippen LogP contribution in [0.4, 0.5) is 4.39 Å². The predicted octanol–water partition coefficient (Wildman–Crippen LogP) is 2.86. The summed E-state index contributed by atoms with van der Waals surface area (Å²) in [4.78, 5) is 18.6. The summed E-state index contributed by atoms with van der Waals surface area (Å²) in [6.45, 7) is 3.11. The Morgan fingerprint density at radius 1 is 1.48 bits per heavy atom. The van der Waals surface area contributed by atoms with Gasteiger partial charge in [-0.3, -0.25) is 4.79 Å². The number of amides is 1. The summed E-state index contributed by atoms with van der Waals surface area (Å²) in [6.07, 6.45) is 2.72. The quantitative estimate of drug-likeness (QED) is 0.832. The maximum absolute atomic E-state index is 13.7. The van der Waals surface area contributed by atoms with Gasteiger partial charge in [0.05, 0.1) is 7.11 Å². The molecule has 0 spiro atoms. The second-order valence-corrected chi connectivity index (χ2v) is 6.32. The van der Waals surface area contributed by atoms with E-state index in [0.29, 0.717) is 31.1 Å². The van der Waals surface area contributed by atoms with E-state index in [2.05, 4.69) is 10.1 Å². The van der Waals surface area contributed by atoms with Crippen molar-refractivity contribution in [3.05, 3.63) is 41.3 Å². The van der Waals surface area contributed by atoms with Gasteiger partial charge in [0.25, 0.3) is 0 Å². The SMILES string of the molecule is COc1ccc(CCC(=O)N2CCC[C@H](c3noc(C)n3)C2)cc1F. The molecule has 1 saturated heterocycles. The van der Waals surface area contributed by atoms with Gasteiger partial charge in [0.15, 0.2) is 17.4 Å². The summed E-state index contributed by atoms with van der Waals surface area (Å²) >= 11 is 0. The number of carbonyl (C=O) groups is 1. The largest absolute Gasteiger partial charge is 0.494 e. The molecule has 0 unspecified atom stereocenters. The van der Waals surface area contributed by atoms with Crippen molar-refractivity contribution in [2.45, 2.75) is 38.5 Å². The standard InChI is InChI=1S/C18H22FN3O3/c1-12-20-18(21-25-12)14-4-3-9-22(11-14)17(23)8-6-13-5-7-16(24-2)15(19)10-13/h5,7,10,14H,3-4,6,8-9,11H2,1-2H3/t14-/m0/s1. The summed E-state index contributed by atoms with van der Waals surface area (Å²) < 4.78 is 23.7. The Morgan fingerprint density at radius 3 is 3.00 bits per heavy atom. The Morgan fingerprint density at radius 2 is 2.32 bits per heavy atom. The fraction of sp³-hybridized carbons (Fsp3) is 0.500. The van der Waals surface area contributed by atoms with Gasteiger partial charge in [-0.25, -0.2) is 4.39 Å². The topological polar surface area (TPSA) is 68.5 Å². The number of likely N-dealkylation sites (tertiary alicyclic amines) is 1. The average molecular weight is 347 g/mol. The number of ether oxygens (including phenoxy) is 1. The molecular formula is C18H22FN3O3. The van der Waals surface area contributed by atoms with Gasteiger partial charge in [-0.05, 0) is 37.0 Å². The van der Waals surface area contributed by atoms with Crippen molar-refractivity contribution in [1.82, 2.24) is 15.0 Å². The van der Waals surface area contributed by atoms with Crippen molar-refractivity contribution in [2.75, 3.05) is 20.2 Å². The third kappa shape index (κ3) is 4.15. The van der Waals surface area contributed by atoms with Gasteiger partial charge in [-0.15, -0.1) is 0 Å². The Bertz CT molecular complexity index is 747. The number of halogens is 1. The molecule has 0 N–H and O–H groups in total. The first-order valence-electron chi connectivity index (χ1n) is 8.47. The van der Waals surface area contributed by atoms with Crippen LogP contribution in [0.3, 0.4) is 0 Å². The Kier molecular flexibility index (Phi) is 5.31. The number of rotatable bonds is 5. The molecule has 6 nitrogen and oxygen atoms in total. The maximum Gasteiger partial charge on any atom is 0.223 e. The van der Waals surface area contributed by atoms with Crippen LogP contribution in [0.2, 0.25) is 0 Å². The Labute approximate surface area is 146 Å². The summed E-state index contributed by atoms with van der Waals surface area (Å²) in [5, 5.41) is 3.98. The van der Waals surface area contributed by atoms with Crippen LogP contribution in [0.5, 0.6) is 5.75 Å². The van der Waals surface area contributed by atoms with Crippen LogP contribution >= 0.6 is 0 Å². The van der Waals surface area contributed by atoms with Crippen molar-refractivity contribution >= 4 is 5.91 Å². The smallest absolute Gasteiger partial charge is 0.223 e. The van der Waals surface area contributed by atoms with Crippen LogP contribution in [0.25, 0.3) is 0 Å². The van der Waals surface area contributed by atoms with Crippen molar-refractivity contribution in [1.29, 1.82) is 0 Å². The van der Waals surface area contributed by atoms with Gasteiger partial charge in [0, 0.05) is 32.4 Å². The van der Waals surface area contributed by atoms with E-state index in [1.54, 1.807) is 19.1 Å². The molecule has 1 fully saturated rings. The van der Waals surface area contributed by atoms with Crippen LogP contribution in [0.1, 0.15) is 42.5 Å². The van der Waals surface area contributed by atoms with Gasteiger partial charge in [-0.2, -0.15) is 4.98 Å². The normalized spacial score (nSPS) is 17.6. The third-order valence-electron chi connectivity index (χ3n) is 4.53. The number of benzene rings is 1. The van der Waals surface area contributed by atoms with Gasteiger partial charge in [0.1, 0.15) is 0 Å². The Balaban J connectivity index is 1.56. The summed E-state index contributed by atoms with van der Waals surface area (Å²) in [5.74, 6) is 1.21. The van der Waals surface area contributed by atoms with Crippen LogP contribution in [-0.2, 0) is 11.2 Å². The lowest BCUT2D eigenvalue weighted by molar-refractivity contribution is -0.132. The minimum Gasteiger partial charge on any atom is -0.494 e. The second-order valence-electron chi connectivity index (χ2n) is 6.32. The molecule has 0 radical (unpaired) electrons. The fourth-order valence-corrected chi connectivity index (χ4v) is 3.17. The highest BCUT2D eigenvalue weighted by molar-refractivity contribution is 5.76. The molecule has 2 heterocycles. The van der Waals surface area contributed by atoms with E-state index in [9.17, 15) is 9.18 Å². The number of aryl methyl sites for hydroxylation is 2. The van der Waals surface area contributed by atoms with Crippen molar-refractivity contribution < 1.29 is 18.4 Å². The number of methoxy groups -OCH3 is 1. The van der Waals surface area contributed by atoms with E-state index < -0.39 is 5.82 Å². The monoisotopic (exact) mass is 347 g/mol. The maximum atomic E-state index is 13.7. The first kappa shape index (κ1) is 17.4. The highest BCUT2D eigenvalue weighted by Gasteiger charge is 2.27. The molecule has 1 aromatic heterocycles. The molecule has 1 aliphatic rings. The average Bonchev–Trinajstić information content (AvgIpc) is 3.06. The molecular weight excluding hydrogens is 325 g/mol. The molecule has 1 aliphatic heterocycles. The van der Waals surface area contributed by atoms with Gasteiger partial charge < -0.3 is 14.2 Å². The lowest BCUT2D eigenvalue weighted by atomic mass is 9.97. The molecule has 0 aliphatic carbocycles. The van der Waals surface area contributed by atoms with Gasteiger partial charge >= 0.3 is 0 Å². The first-order valence-corrected chi connectivity index (χ1v) is 8.47. The number of aromatic nitrogens is 2. The van der Waals surface area contributed by atoms with Crippen molar-refractivity contribution in [3.63, 3.8) is 0 Å². The number of hydrogen-bond donors (Lipinski definition) is 0. The number of hydrogen-bond acceptors (Lipinski definition) is 5. The third-order valence-corrected chi connectivity index (χ3v) is 4.53. The van der Waals surface area contributed by atoms with E-state index >= 15 is 0 Å². The molecule has 2 aromatic rings. The van der Waals surface area contributed by atoms with Crippen molar-refractivity contribution in [2.24, 2.45) is 0 Å². The highest BCUT2D eigenvalue weighted by Crippen LogP contribution is 2.25. The number of nitrogens with zero attached hydrogens (tertiary/aromatic N) is 3. The van der Waals surface area contributed by atoms with Crippen LogP contribution in [-0.4, -0.2) is 41.1 Å². The zero-order valence-corrected chi connectivity index (χ0v) is 14.5. The molecule has 1 amide bonds. The van der Waals surface area contributed by atoms with E-state index in [1.807, 2.05) is 4.90 Å². The number of carbonyl (C=O) groups excluding carboxylic acids is 1. The van der Waals surface area contributed by atoms with Gasteiger partial charge in [0.2, 0.25) is 11.8 Å².